The van der Waals surface area contributed by atoms with E-state index >= 15 is 0 Å². The molecule has 0 saturated carbocycles. The Morgan fingerprint density at radius 1 is 1.07 bits per heavy atom. The Bertz CT molecular complexity index is 798. The number of nitrogen functional groups attached to an aromatic ring is 1. The molecule has 0 amide bonds. The Morgan fingerprint density at radius 3 is 2.25 bits per heavy atom. The SMILES string of the molecule is CC(C)c1ccc(Oc2ncnc(NC3CC(C)(C)NC(C)(C)C3)c2N)cc1. The number of nitrogens with one attached hydrogen (secondary N) is 2. The van der Waals surface area contributed by atoms with Gasteiger partial charge >= 0.3 is 0 Å². The average molecular weight is 384 g/mol. The van der Waals surface area contributed by atoms with Crippen LogP contribution in [-0.4, -0.2) is 27.1 Å². The van der Waals surface area contributed by atoms with E-state index in [4.69, 9.17) is 10.5 Å². The molecule has 152 valence electrons. The molecule has 0 radical (unpaired) electrons. The van der Waals surface area contributed by atoms with Crippen LogP contribution in [0.15, 0.2) is 30.6 Å². The molecular formula is C22H33N5O. The third kappa shape index (κ3) is 4.93. The summed E-state index contributed by atoms with van der Waals surface area (Å²) in [6, 6.07) is 8.29. The van der Waals surface area contributed by atoms with Gasteiger partial charge in [0.1, 0.15) is 17.8 Å². The van der Waals surface area contributed by atoms with Crippen molar-refractivity contribution in [3.05, 3.63) is 36.2 Å². The van der Waals surface area contributed by atoms with E-state index in [1.807, 2.05) is 12.1 Å². The normalized spacial score (nSPS) is 18.8. The lowest BCUT2D eigenvalue weighted by Gasteiger charge is -2.46. The molecule has 2 heterocycles. The van der Waals surface area contributed by atoms with E-state index < -0.39 is 0 Å². The standard InChI is InChI=1S/C22H33N5O/c1-14(2)15-7-9-17(10-8-15)28-20-18(23)19(24-13-25-20)26-16-11-21(3,4)27-22(5,6)12-16/h7-10,13-14,16,27H,11-12,23H2,1-6H3,(H,24,25,26). The van der Waals surface area contributed by atoms with Crippen molar-refractivity contribution >= 4 is 11.5 Å². The lowest BCUT2D eigenvalue weighted by molar-refractivity contribution is 0.170. The van der Waals surface area contributed by atoms with Crippen molar-refractivity contribution in [2.45, 2.75) is 77.4 Å². The van der Waals surface area contributed by atoms with E-state index in [1.54, 1.807) is 0 Å². The summed E-state index contributed by atoms with van der Waals surface area (Å²) in [6.07, 6.45) is 3.45. The lowest BCUT2D eigenvalue weighted by Crippen LogP contribution is -2.60. The van der Waals surface area contributed by atoms with Gasteiger partial charge in [-0.25, -0.2) is 4.98 Å². The molecule has 0 bridgehead atoms. The van der Waals surface area contributed by atoms with Gasteiger partial charge in [-0.05, 0) is 64.2 Å². The van der Waals surface area contributed by atoms with Gasteiger partial charge in [0.2, 0.25) is 5.88 Å². The van der Waals surface area contributed by atoms with E-state index in [-0.39, 0.29) is 17.1 Å². The minimum Gasteiger partial charge on any atom is -0.437 e. The highest BCUT2D eigenvalue weighted by Crippen LogP contribution is 2.34. The molecule has 1 fully saturated rings. The maximum absolute atomic E-state index is 6.33. The molecule has 28 heavy (non-hydrogen) atoms. The van der Waals surface area contributed by atoms with Crippen LogP contribution in [0.25, 0.3) is 0 Å². The summed E-state index contributed by atoms with van der Waals surface area (Å²) in [5.41, 5.74) is 8.11. The van der Waals surface area contributed by atoms with Crippen LogP contribution in [-0.2, 0) is 0 Å². The van der Waals surface area contributed by atoms with E-state index in [2.05, 4.69) is 74.3 Å². The third-order valence-corrected chi connectivity index (χ3v) is 5.14. The molecule has 0 unspecified atom stereocenters. The zero-order valence-corrected chi connectivity index (χ0v) is 17.8. The summed E-state index contributed by atoms with van der Waals surface area (Å²) in [4.78, 5) is 8.59. The first-order valence-corrected chi connectivity index (χ1v) is 9.99. The van der Waals surface area contributed by atoms with Crippen molar-refractivity contribution in [2.75, 3.05) is 11.1 Å². The number of ether oxygens (including phenoxy) is 1. The highest BCUT2D eigenvalue weighted by molar-refractivity contribution is 5.67. The van der Waals surface area contributed by atoms with Gasteiger partial charge < -0.3 is 21.1 Å². The number of anilines is 2. The van der Waals surface area contributed by atoms with Gasteiger partial charge in [0, 0.05) is 17.1 Å². The maximum atomic E-state index is 6.33. The number of piperidine rings is 1. The number of rotatable bonds is 5. The van der Waals surface area contributed by atoms with Crippen molar-refractivity contribution in [3.63, 3.8) is 0 Å². The minimum atomic E-state index is 0.0404. The number of aromatic nitrogens is 2. The second-order valence-corrected chi connectivity index (χ2v) is 9.41. The van der Waals surface area contributed by atoms with Gasteiger partial charge in [0.05, 0.1) is 0 Å². The van der Waals surface area contributed by atoms with E-state index in [0.29, 0.717) is 29.1 Å². The molecule has 0 spiro atoms. The van der Waals surface area contributed by atoms with E-state index in [1.165, 1.54) is 11.9 Å². The monoisotopic (exact) mass is 383 g/mol. The zero-order chi connectivity index (χ0) is 20.5. The highest BCUT2D eigenvalue weighted by Gasteiger charge is 2.38. The zero-order valence-electron chi connectivity index (χ0n) is 17.8. The van der Waals surface area contributed by atoms with Crippen LogP contribution in [0.3, 0.4) is 0 Å². The Kier molecular flexibility index (Phi) is 5.53. The second-order valence-electron chi connectivity index (χ2n) is 9.41. The summed E-state index contributed by atoms with van der Waals surface area (Å²) in [5.74, 6) is 2.20. The molecule has 1 aromatic heterocycles. The van der Waals surface area contributed by atoms with Gasteiger partial charge in [-0.3, -0.25) is 0 Å². The van der Waals surface area contributed by atoms with Crippen molar-refractivity contribution < 1.29 is 4.74 Å². The number of hydrogen-bond donors (Lipinski definition) is 3. The van der Waals surface area contributed by atoms with Crippen molar-refractivity contribution in [1.82, 2.24) is 15.3 Å². The minimum absolute atomic E-state index is 0.0404. The van der Waals surface area contributed by atoms with Crippen LogP contribution in [0, 0.1) is 0 Å². The largest absolute Gasteiger partial charge is 0.437 e. The van der Waals surface area contributed by atoms with Crippen LogP contribution in [0.5, 0.6) is 11.6 Å². The molecule has 0 aliphatic carbocycles. The summed E-state index contributed by atoms with van der Waals surface area (Å²) < 4.78 is 5.93. The average Bonchev–Trinajstić information content (AvgIpc) is 2.56. The van der Waals surface area contributed by atoms with E-state index in [0.717, 1.165) is 12.8 Å². The molecular weight excluding hydrogens is 350 g/mol. The predicted molar refractivity (Wildman–Crippen MR) is 115 cm³/mol. The first kappa shape index (κ1) is 20.4. The van der Waals surface area contributed by atoms with E-state index in [9.17, 15) is 0 Å². The third-order valence-electron chi connectivity index (χ3n) is 5.14. The van der Waals surface area contributed by atoms with Crippen molar-refractivity contribution in [2.24, 2.45) is 0 Å². The van der Waals surface area contributed by atoms with Gasteiger partial charge in [-0.1, -0.05) is 26.0 Å². The molecule has 6 heteroatoms. The van der Waals surface area contributed by atoms with Crippen molar-refractivity contribution in [3.8, 4) is 11.6 Å². The summed E-state index contributed by atoms with van der Waals surface area (Å²) in [5, 5.41) is 7.20. The van der Waals surface area contributed by atoms with Crippen LogP contribution in [0.1, 0.15) is 65.9 Å². The highest BCUT2D eigenvalue weighted by atomic mass is 16.5. The Morgan fingerprint density at radius 2 is 1.68 bits per heavy atom. The topological polar surface area (TPSA) is 85.1 Å². The number of nitrogens with two attached hydrogens (primary N) is 1. The molecule has 0 atom stereocenters. The van der Waals surface area contributed by atoms with Crippen LogP contribution in [0.2, 0.25) is 0 Å². The Labute approximate surface area is 168 Å². The molecule has 1 saturated heterocycles. The quantitative estimate of drug-likeness (QED) is 0.694. The van der Waals surface area contributed by atoms with Crippen LogP contribution >= 0.6 is 0 Å². The van der Waals surface area contributed by atoms with Gasteiger partial charge in [-0.15, -0.1) is 0 Å². The molecule has 1 aliphatic rings. The van der Waals surface area contributed by atoms with Gasteiger partial charge in [0.15, 0.2) is 5.82 Å². The molecule has 6 nitrogen and oxygen atoms in total. The number of hydrogen-bond acceptors (Lipinski definition) is 6. The predicted octanol–water partition coefficient (Wildman–Crippen LogP) is 4.70. The number of benzene rings is 1. The fraction of sp³-hybridized carbons (Fsp3) is 0.545. The summed E-state index contributed by atoms with van der Waals surface area (Å²) in [6.45, 7) is 13.2. The Balaban J connectivity index is 1.75. The number of nitrogens with zero attached hydrogens (tertiary/aromatic N) is 2. The summed E-state index contributed by atoms with van der Waals surface area (Å²) >= 11 is 0. The van der Waals surface area contributed by atoms with Crippen molar-refractivity contribution in [1.29, 1.82) is 0 Å². The molecule has 2 aromatic rings. The fourth-order valence-corrected chi connectivity index (χ4v) is 4.23. The molecule has 1 aromatic carbocycles. The van der Waals surface area contributed by atoms with Crippen LogP contribution in [0.4, 0.5) is 11.5 Å². The first-order valence-electron chi connectivity index (χ1n) is 9.99. The maximum Gasteiger partial charge on any atom is 0.248 e. The molecule has 4 N–H and O–H groups in total. The first-order chi connectivity index (χ1) is 13.0. The lowest BCUT2D eigenvalue weighted by atomic mass is 9.79. The molecule has 1 aliphatic heterocycles. The van der Waals surface area contributed by atoms with Gasteiger partial charge in [0.25, 0.3) is 0 Å². The molecule has 3 rings (SSSR count). The second kappa shape index (κ2) is 7.59. The van der Waals surface area contributed by atoms with Gasteiger partial charge in [-0.2, -0.15) is 4.98 Å². The fourth-order valence-electron chi connectivity index (χ4n) is 4.23. The summed E-state index contributed by atoms with van der Waals surface area (Å²) in [7, 11) is 0. The Hall–Kier alpha value is -2.34. The smallest absolute Gasteiger partial charge is 0.248 e. The van der Waals surface area contributed by atoms with Crippen LogP contribution < -0.4 is 21.1 Å².